The maximum Gasteiger partial charge on any atom is 0.255 e. The number of amides is 1. The Labute approximate surface area is 128 Å². The van der Waals surface area contributed by atoms with Crippen molar-refractivity contribution < 1.29 is 9.90 Å². The molecule has 4 heteroatoms. The molecule has 1 aliphatic carbocycles. The Hall–Kier alpha value is -2.00. The van der Waals surface area contributed by atoms with E-state index in [-0.39, 0.29) is 28.3 Å². The number of aromatic hydroxyl groups is 1. The number of carbonyl (C=O) groups is 1. The van der Waals surface area contributed by atoms with Gasteiger partial charge in [-0.25, -0.2) is 0 Å². The second kappa shape index (κ2) is 5.78. The summed E-state index contributed by atoms with van der Waals surface area (Å²) < 4.78 is 0. The molecule has 1 amide bonds. The van der Waals surface area contributed by atoms with Gasteiger partial charge < -0.3 is 10.4 Å². The van der Waals surface area contributed by atoms with Crippen molar-refractivity contribution in [3.63, 3.8) is 0 Å². The van der Waals surface area contributed by atoms with Gasteiger partial charge in [0.25, 0.3) is 5.91 Å². The number of phenols is 1. The van der Waals surface area contributed by atoms with Gasteiger partial charge in [-0.3, -0.25) is 4.79 Å². The summed E-state index contributed by atoms with van der Waals surface area (Å²) in [5, 5.41) is 13.1. The summed E-state index contributed by atoms with van der Waals surface area (Å²) in [6, 6.07) is 12.9. The number of halogens is 1. The highest BCUT2D eigenvalue weighted by molar-refractivity contribution is 6.32. The molecule has 108 valence electrons. The standard InChI is InChI=1S/C17H16ClNO2/c18-14-9-4-8-13(16(14)20)17(21)19-15-10-3-6-11-5-1-2-7-12(11)15/h1-2,4-5,7-9,15,20H,3,6,10H2,(H,19,21)/t15-/m1/s1. The average molecular weight is 302 g/mol. The molecule has 0 saturated heterocycles. The third kappa shape index (κ3) is 2.74. The summed E-state index contributed by atoms with van der Waals surface area (Å²) in [6.45, 7) is 0. The molecule has 0 heterocycles. The van der Waals surface area contributed by atoms with Crippen LogP contribution >= 0.6 is 11.6 Å². The number of fused-ring (bicyclic) bond motifs is 1. The summed E-state index contributed by atoms with van der Waals surface area (Å²) in [7, 11) is 0. The normalized spacial score (nSPS) is 17.1. The van der Waals surface area contributed by atoms with Crippen LogP contribution in [0.3, 0.4) is 0 Å². The Morgan fingerprint density at radius 2 is 2.00 bits per heavy atom. The fraction of sp³-hybridized carbons (Fsp3) is 0.235. The van der Waals surface area contributed by atoms with Crippen molar-refractivity contribution >= 4 is 17.5 Å². The molecule has 0 spiro atoms. The number of benzene rings is 2. The van der Waals surface area contributed by atoms with E-state index in [1.54, 1.807) is 18.2 Å². The van der Waals surface area contributed by atoms with E-state index in [1.807, 2.05) is 12.1 Å². The predicted molar refractivity (Wildman–Crippen MR) is 82.7 cm³/mol. The zero-order valence-electron chi connectivity index (χ0n) is 11.5. The van der Waals surface area contributed by atoms with Crippen LogP contribution in [0.1, 0.15) is 40.4 Å². The van der Waals surface area contributed by atoms with Crippen molar-refractivity contribution in [3.8, 4) is 5.75 Å². The van der Waals surface area contributed by atoms with E-state index in [4.69, 9.17) is 11.6 Å². The highest BCUT2D eigenvalue weighted by atomic mass is 35.5. The number of hydrogen-bond donors (Lipinski definition) is 2. The SMILES string of the molecule is O=C(N[C@@H]1CCCc2ccccc21)c1cccc(Cl)c1O. The van der Waals surface area contributed by atoms with Gasteiger partial charge in [-0.1, -0.05) is 41.9 Å². The first kappa shape index (κ1) is 14.0. The molecule has 1 atom stereocenters. The summed E-state index contributed by atoms with van der Waals surface area (Å²) in [4.78, 5) is 12.4. The van der Waals surface area contributed by atoms with Crippen LogP contribution in [-0.4, -0.2) is 11.0 Å². The summed E-state index contributed by atoms with van der Waals surface area (Å²) in [6.07, 6.45) is 3.00. The minimum absolute atomic E-state index is 0.0131. The van der Waals surface area contributed by atoms with E-state index >= 15 is 0 Å². The van der Waals surface area contributed by atoms with Crippen molar-refractivity contribution in [1.29, 1.82) is 0 Å². The molecule has 0 saturated carbocycles. The first-order valence-corrected chi connectivity index (χ1v) is 7.41. The van der Waals surface area contributed by atoms with Crippen molar-refractivity contribution in [1.82, 2.24) is 5.32 Å². The predicted octanol–water partition coefficient (Wildman–Crippen LogP) is 3.85. The van der Waals surface area contributed by atoms with E-state index in [0.717, 1.165) is 19.3 Å². The van der Waals surface area contributed by atoms with Gasteiger partial charge in [0.05, 0.1) is 16.6 Å². The molecule has 2 aromatic rings. The molecular formula is C17H16ClNO2. The van der Waals surface area contributed by atoms with Crippen molar-refractivity contribution in [2.24, 2.45) is 0 Å². The van der Waals surface area contributed by atoms with Gasteiger partial charge in [-0.15, -0.1) is 0 Å². The minimum Gasteiger partial charge on any atom is -0.506 e. The van der Waals surface area contributed by atoms with Crippen LogP contribution < -0.4 is 5.32 Å². The largest absolute Gasteiger partial charge is 0.506 e. The van der Waals surface area contributed by atoms with Crippen LogP contribution in [-0.2, 0) is 6.42 Å². The first-order valence-electron chi connectivity index (χ1n) is 7.03. The van der Waals surface area contributed by atoms with Crippen LogP contribution in [0, 0.1) is 0 Å². The zero-order chi connectivity index (χ0) is 14.8. The lowest BCUT2D eigenvalue weighted by atomic mass is 9.87. The number of hydrogen-bond acceptors (Lipinski definition) is 2. The summed E-state index contributed by atoms with van der Waals surface area (Å²) in [5.74, 6) is -0.461. The van der Waals surface area contributed by atoms with E-state index in [9.17, 15) is 9.90 Å². The van der Waals surface area contributed by atoms with Gasteiger partial charge in [0.1, 0.15) is 5.75 Å². The molecule has 2 aromatic carbocycles. The molecule has 0 fully saturated rings. The van der Waals surface area contributed by atoms with Crippen LogP contribution in [0.5, 0.6) is 5.75 Å². The Balaban J connectivity index is 1.85. The number of rotatable bonds is 2. The van der Waals surface area contributed by atoms with E-state index in [1.165, 1.54) is 11.1 Å². The first-order chi connectivity index (χ1) is 10.2. The number of carbonyl (C=O) groups excluding carboxylic acids is 1. The van der Waals surface area contributed by atoms with Gasteiger partial charge in [0, 0.05) is 0 Å². The quantitative estimate of drug-likeness (QED) is 0.885. The molecule has 0 aromatic heterocycles. The van der Waals surface area contributed by atoms with Crippen molar-refractivity contribution in [2.45, 2.75) is 25.3 Å². The number of para-hydroxylation sites is 1. The minimum atomic E-state index is -0.295. The Morgan fingerprint density at radius 3 is 2.86 bits per heavy atom. The lowest BCUT2D eigenvalue weighted by Gasteiger charge is -2.26. The third-order valence-corrected chi connectivity index (χ3v) is 4.21. The number of phenolic OH excluding ortho intramolecular Hbond substituents is 1. The second-order valence-corrected chi connectivity index (χ2v) is 5.66. The molecule has 0 radical (unpaired) electrons. The van der Waals surface area contributed by atoms with Crippen molar-refractivity contribution in [2.75, 3.05) is 0 Å². The van der Waals surface area contributed by atoms with Gasteiger partial charge in [-0.2, -0.15) is 0 Å². The zero-order valence-corrected chi connectivity index (χ0v) is 12.2. The molecule has 21 heavy (non-hydrogen) atoms. The lowest BCUT2D eigenvalue weighted by Crippen LogP contribution is -2.31. The lowest BCUT2D eigenvalue weighted by molar-refractivity contribution is 0.0930. The highest BCUT2D eigenvalue weighted by Gasteiger charge is 2.23. The molecule has 2 N–H and O–H groups in total. The van der Waals surface area contributed by atoms with Crippen LogP contribution in [0.4, 0.5) is 0 Å². The van der Waals surface area contributed by atoms with Crippen LogP contribution in [0.2, 0.25) is 5.02 Å². The maximum absolute atomic E-state index is 12.4. The molecular weight excluding hydrogens is 286 g/mol. The molecule has 1 aliphatic rings. The van der Waals surface area contributed by atoms with Gasteiger partial charge in [-0.05, 0) is 42.5 Å². The number of aryl methyl sites for hydroxylation is 1. The Bertz CT molecular complexity index is 684. The van der Waals surface area contributed by atoms with E-state index in [2.05, 4.69) is 17.4 Å². The third-order valence-electron chi connectivity index (χ3n) is 3.91. The smallest absolute Gasteiger partial charge is 0.255 e. The molecule has 3 rings (SSSR count). The molecule has 0 aliphatic heterocycles. The Kier molecular flexibility index (Phi) is 3.84. The number of nitrogens with one attached hydrogen (secondary N) is 1. The molecule has 0 bridgehead atoms. The topological polar surface area (TPSA) is 49.3 Å². The monoisotopic (exact) mass is 301 g/mol. The van der Waals surface area contributed by atoms with Crippen LogP contribution in [0.25, 0.3) is 0 Å². The fourth-order valence-electron chi connectivity index (χ4n) is 2.84. The van der Waals surface area contributed by atoms with E-state index in [0.29, 0.717) is 0 Å². The summed E-state index contributed by atoms with van der Waals surface area (Å²) >= 11 is 5.85. The average Bonchev–Trinajstić information content (AvgIpc) is 2.50. The van der Waals surface area contributed by atoms with Gasteiger partial charge >= 0.3 is 0 Å². The Morgan fingerprint density at radius 1 is 1.19 bits per heavy atom. The molecule has 0 unspecified atom stereocenters. The van der Waals surface area contributed by atoms with Gasteiger partial charge in [0.2, 0.25) is 0 Å². The molecule has 3 nitrogen and oxygen atoms in total. The van der Waals surface area contributed by atoms with Crippen LogP contribution in [0.15, 0.2) is 42.5 Å². The summed E-state index contributed by atoms with van der Waals surface area (Å²) in [5.41, 5.74) is 2.66. The van der Waals surface area contributed by atoms with Gasteiger partial charge in [0.15, 0.2) is 0 Å². The highest BCUT2D eigenvalue weighted by Crippen LogP contribution is 2.31. The van der Waals surface area contributed by atoms with Crippen molar-refractivity contribution in [3.05, 3.63) is 64.2 Å². The fourth-order valence-corrected chi connectivity index (χ4v) is 3.01. The second-order valence-electron chi connectivity index (χ2n) is 5.25. The maximum atomic E-state index is 12.4. The van der Waals surface area contributed by atoms with E-state index < -0.39 is 0 Å².